The molecule has 1 heterocycles. The van der Waals surface area contributed by atoms with Crippen LogP contribution in [-0.4, -0.2) is 17.0 Å². The van der Waals surface area contributed by atoms with Gasteiger partial charge >= 0.3 is 5.97 Å². The molecule has 2 N–H and O–H groups in total. The molecule has 4 nitrogen and oxygen atoms in total. The number of carbonyl (C=O) groups excluding carboxylic acids is 1. The normalized spacial score (nSPS) is 12.1. The topological polar surface area (TPSA) is 66.4 Å². The predicted octanol–water partition coefficient (Wildman–Crippen LogP) is 1.80. The van der Waals surface area contributed by atoms with Crippen LogP contribution in [0.25, 0.3) is 0 Å². The van der Waals surface area contributed by atoms with Gasteiger partial charge in [-0.3, -0.25) is 9.59 Å². The van der Waals surface area contributed by atoms with Crippen LogP contribution in [0, 0.1) is 5.92 Å². The summed E-state index contributed by atoms with van der Waals surface area (Å²) in [5.74, 6) is -2.50. The molecule has 0 saturated heterocycles. The van der Waals surface area contributed by atoms with Crippen LogP contribution in [0.2, 0.25) is 0 Å². The van der Waals surface area contributed by atoms with E-state index in [1.54, 1.807) is 19.1 Å². The Balaban J connectivity index is 2.61. The number of thiophene rings is 1. The maximum absolute atomic E-state index is 11.4. The number of carboxylic acids is 1. The van der Waals surface area contributed by atoms with Crippen molar-refractivity contribution < 1.29 is 14.7 Å². The van der Waals surface area contributed by atoms with Crippen molar-refractivity contribution >= 4 is 28.2 Å². The second-order valence-electron chi connectivity index (χ2n) is 2.77. The highest BCUT2D eigenvalue weighted by Gasteiger charge is 2.24. The van der Waals surface area contributed by atoms with Gasteiger partial charge in [0.25, 0.3) is 0 Å². The molecule has 1 amide bonds. The number of carboxylic acid groups (broad SMARTS) is 1. The molecule has 0 fully saturated rings. The fourth-order valence-corrected chi connectivity index (χ4v) is 1.65. The Morgan fingerprint density at radius 2 is 2.36 bits per heavy atom. The van der Waals surface area contributed by atoms with E-state index >= 15 is 0 Å². The van der Waals surface area contributed by atoms with Gasteiger partial charge in [-0.25, -0.2) is 0 Å². The number of hydrogen-bond acceptors (Lipinski definition) is 3. The van der Waals surface area contributed by atoms with Crippen LogP contribution in [0.3, 0.4) is 0 Å². The van der Waals surface area contributed by atoms with Gasteiger partial charge in [0.1, 0.15) is 5.92 Å². The Morgan fingerprint density at radius 1 is 1.64 bits per heavy atom. The highest BCUT2D eigenvalue weighted by Crippen LogP contribution is 2.16. The zero-order valence-electron chi connectivity index (χ0n) is 7.69. The minimum absolute atomic E-state index is 0.298. The van der Waals surface area contributed by atoms with Gasteiger partial charge in [0, 0.05) is 0 Å². The lowest BCUT2D eigenvalue weighted by Gasteiger charge is -2.08. The van der Waals surface area contributed by atoms with Crippen molar-refractivity contribution in [1.82, 2.24) is 0 Å². The fraction of sp³-hybridized carbons (Fsp3) is 0.333. The monoisotopic (exact) mass is 213 g/mol. The highest BCUT2D eigenvalue weighted by molar-refractivity contribution is 7.14. The lowest BCUT2D eigenvalue weighted by atomic mass is 10.1. The maximum Gasteiger partial charge on any atom is 0.316 e. The lowest BCUT2D eigenvalue weighted by molar-refractivity contribution is -0.145. The highest BCUT2D eigenvalue weighted by atomic mass is 32.1. The van der Waals surface area contributed by atoms with Gasteiger partial charge in [0.05, 0.1) is 5.00 Å². The average molecular weight is 213 g/mol. The van der Waals surface area contributed by atoms with E-state index in [9.17, 15) is 9.59 Å². The summed E-state index contributed by atoms with van der Waals surface area (Å²) in [6.45, 7) is 1.67. The largest absolute Gasteiger partial charge is 0.481 e. The summed E-state index contributed by atoms with van der Waals surface area (Å²) in [6.07, 6.45) is 0.298. The molecule has 1 rings (SSSR count). The van der Waals surface area contributed by atoms with Crippen molar-refractivity contribution in [3.05, 3.63) is 17.5 Å². The van der Waals surface area contributed by atoms with Crippen molar-refractivity contribution in [2.24, 2.45) is 5.92 Å². The third kappa shape index (κ3) is 2.56. The minimum Gasteiger partial charge on any atom is -0.481 e. The van der Waals surface area contributed by atoms with Crippen LogP contribution in [0.4, 0.5) is 5.00 Å². The molecule has 0 radical (unpaired) electrons. The molecule has 0 spiro atoms. The van der Waals surface area contributed by atoms with E-state index in [-0.39, 0.29) is 0 Å². The number of nitrogens with one attached hydrogen (secondary N) is 1. The molecule has 14 heavy (non-hydrogen) atoms. The molecule has 0 saturated carbocycles. The Kier molecular flexibility index (Phi) is 3.64. The van der Waals surface area contributed by atoms with Gasteiger partial charge in [0.2, 0.25) is 5.91 Å². The Morgan fingerprint density at radius 3 is 2.79 bits per heavy atom. The van der Waals surface area contributed by atoms with Crippen LogP contribution < -0.4 is 5.32 Å². The quantitative estimate of drug-likeness (QED) is 0.749. The first-order valence-electron chi connectivity index (χ1n) is 4.22. The van der Waals surface area contributed by atoms with Crippen molar-refractivity contribution in [3.63, 3.8) is 0 Å². The lowest BCUT2D eigenvalue weighted by Crippen LogP contribution is -2.28. The molecule has 0 aromatic carbocycles. The van der Waals surface area contributed by atoms with E-state index in [4.69, 9.17) is 5.11 Å². The molecule has 0 aliphatic carbocycles. The van der Waals surface area contributed by atoms with Crippen molar-refractivity contribution in [1.29, 1.82) is 0 Å². The minimum atomic E-state index is -1.08. The van der Waals surface area contributed by atoms with Gasteiger partial charge in [-0.15, -0.1) is 11.3 Å². The van der Waals surface area contributed by atoms with E-state index in [1.807, 2.05) is 5.38 Å². The van der Waals surface area contributed by atoms with Crippen LogP contribution in [0.5, 0.6) is 0 Å². The summed E-state index contributed by atoms with van der Waals surface area (Å²) < 4.78 is 0. The standard InChI is InChI=1S/C9H11NO3S/c1-2-6(9(12)13)8(11)10-7-4-3-5-14-7/h3-6H,2H2,1H3,(H,10,11)(H,12,13). The van der Waals surface area contributed by atoms with Crippen LogP contribution in [-0.2, 0) is 9.59 Å². The second-order valence-corrected chi connectivity index (χ2v) is 3.71. The molecule has 1 aromatic heterocycles. The summed E-state index contributed by atoms with van der Waals surface area (Å²) in [4.78, 5) is 22.0. The molecule has 1 unspecified atom stereocenters. The molecule has 0 bridgehead atoms. The van der Waals surface area contributed by atoms with E-state index in [0.29, 0.717) is 11.4 Å². The SMILES string of the molecule is CCC(C(=O)O)C(=O)Nc1cccs1. The molecular formula is C9H11NO3S. The molecule has 76 valence electrons. The summed E-state index contributed by atoms with van der Waals surface area (Å²) in [6, 6.07) is 3.53. The third-order valence-electron chi connectivity index (χ3n) is 1.79. The van der Waals surface area contributed by atoms with Gasteiger partial charge < -0.3 is 10.4 Å². The van der Waals surface area contributed by atoms with E-state index in [0.717, 1.165) is 0 Å². The molecule has 0 aliphatic heterocycles. The molecule has 0 aliphatic rings. The maximum atomic E-state index is 11.4. The van der Waals surface area contributed by atoms with Crippen LogP contribution >= 0.6 is 11.3 Å². The van der Waals surface area contributed by atoms with Crippen molar-refractivity contribution in [2.45, 2.75) is 13.3 Å². The van der Waals surface area contributed by atoms with Crippen molar-refractivity contribution in [3.8, 4) is 0 Å². The first-order valence-corrected chi connectivity index (χ1v) is 5.10. The predicted molar refractivity (Wildman–Crippen MR) is 54.4 cm³/mol. The zero-order chi connectivity index (χ0) is 10.6. The summed E-state index contributed by atoms with van der Waals surface area (Å²) >= 11 is 1.37. The first-order chi connectivity index (χ1) is 6.65. The molecular weight excluding hydrogens is 202 g/mol. The van der Waals surface area contributed by atoms with E-state index < -0.39 is 17.8 Å². The van der Waals surface area contributed by atoms with Gasteiger partial charge in [0.15, 0.2) is 0 Å². The smallest absolute Gasteiger partial charge is 0.316 e. The number of aliphatic carboxylic acids is 1. The Bertz CT molecular complexity index is 321. The van der Waals surface area contributed by atoms with Crippen LogP contribution in [0.1, 0.15) is 13.3 Å². The molecule has 5 heteroatoms. The fourth-order valence-electron chi connectivity index (χ4n) is 1.03. The van der Waals surface area contributed by atoms with Crippen molar-refractivity contribution in [2.75, 3.05) is 5.32 Å². The summed E-state index contributed by atoms with van der Waals surface area (Å²) in [7, 11) is 0. The first kappa shape index (κ1) is 10.7. The van der Waals surface area contributed by atoms with E-state index in [2.05, 4.69) is 5.32 Å². The summed E-state index contributed by atoms with van der Waals surface area (Å²) in [5, 5.41) is 13.8. The van der Waals surface area contributed by atoms with Gasteiger partial charge in [-0.1, -0.05) is 6.92 Å². The number of rotatable bonds is 4. The summed E-state index contributed by atoms with van der Waals surface area (Å²) in [5.41, 5.74) is 0. The Hall–Kier alpha value is -1.36. The molecule has 1 atom stereocenters. The van der Waals surface area contributed by atoms with Gasteiger partial charge in [-0.2, -0.15) is 0 Å². The number of carbonyl (C=O) groups is 2. The zero-order valence-corrected chi connectivity index (χ0v) is 8.50. The number of anilines is 1. The van der Waals surface area contributed by atoms with Crippen LogP contribution in [0.15, 0.2) is 17.5 Å². The number of amides is 1. The molecule has 1 aromatic rings. The third-order valence-corrected chi connectivity index (χ3v) is 2.58. The Labute approximate surface area is 85.6 Å². The second kappa shape index (κ2) is 4.76. The van der Waals surface area contributed by atoms with Gasteiger partial charge in [-0.05, 0) is 23.9 Å². The number of hydrogen-bond donors (Lipinski definition) is 2. The average Bonchev–Trinajstić information content (AvgIpc) is 2.57. The van der Waals surface area contributed by atoms with E-state index in [1.165, 1.54) is 11.3 Å².